The minimum atomic E-state index is -0.0709. The number of rotatable bonds is 4. The van der Waals surface area contributed by atoms with E-state index >= 15 is 0 Å². The van der Waals surface area contributed by atoms with Crippen LogP contribution < -0.4 is 9.64 Å². The predicted molar refractivity (Wildman–Crippen MR) is 82.3 cm³/mol. The van der Waals surface area contributed by atoms with Crippen molar-refractivity contribution in [3.63, 3.8) is 0 Å². The lowest BCUT2D eigenvalue weighted by Gasteiger charge is -2.30. The molecule has 6 heteroatoms. The average Bonchev–Trinajstić information content (AvgIpc) is 3.02. The molecule has 0 saturated heterocycles. The highest BCUT2D eigenvalue weighted by molar-refractivity contribution is 6.06. The van der Waals surface area contributed by atoms with Crippen LogP contribution >= 0.6 is 0 Å². The van der Waals surface area contributed by atoms with Gasteiger partial charge in [0.15, 0.2) is 0 Å². The monoisotopic (exact) mass is 301 g/mol. The van der Waals surface area contributed by atoms with Crippen LogP contribution in [-0.4, -0.2) is 41.1 Å². The van der Waals surface area contributed by atoms with Gasteiger partial charge < -0.3 is 14.7 Å². The summed E-state index contributed by atoms with van der Waals surface area (Å²) in [5.74, 6) is 0.754. The molecule has 0 bridgehead atoms. The second-order valence-electron chi connectivity index (χ2n) is 5.23. The molecule has 0 spiro atoms. The summed E-state index contributed by atoms with van der Waals surface area (Å²) in [6.07, 6.45) is 5.04. The van der Waals surface area contributed by atoms with Gasteiger partial charge in [0.2, 0.25) is 0 Å². The Morgan fingerprint density at radius 1 is 1.45 bits per heavy atom. The van der Waals surface area contributed by atoms with E-state index in [2.05, 4.69) is 5.10 Å². The number of aliphatic hydroxyl groups is 1. The van der Waals surface area contributed by atoms with Gasteiger partial charge in [0.25, 0.3) is 5.91 Å². The topological polar surface area (TPSA) is 67.6 Å². The maximum Gasteiger partial charge on any atom is 0.261 e. The number of aliphatic hydroxyl groups excluding tert-OH is 1. The van der Waals surface area contributed by atoms with Crippen molar-refractivity contribution >= 4 is 11.6 Å². The van der Waals surface area contributed by atoms with Crippen LogP contribution in [0.4, 0.5) is 5.69 Å². The number of hydrogen-bond donors (Lipinski definition) is 1. The lowest BCUT2D eigenvalue weighted by molar-refractivity contribution is 0.0985. The number of benzene rings is 1. The van der Waals surface area contributed by atoms with Crippen molar-refractivity contribution < 1.29 is 14.6 Å². The smallest absolute Gasteiger partial charge is 0.261 e. The van der Waals surface area contributed by atoms with Crippen molar-refractivity contribution in [1.82, 2.24) is 9.78 Å². The van der Waals surface area contributed by atoms with Crippen molar-refractivity contribution in [2.45, 2.75) is 19.4 Å². The fourth-order valence-electron chi connectivity index (χ4n) is 2.85. The molecule has 0 atom stereocenters. The van der Waals surface area contributed by atoms with Gasteiger partial charge in [-0.25, -0.2) is 0 Å². The van der Waals surface area contributed by atoms with Crippen LogP contribution in [0.1, 0.15) is 22.3 Å². The molecule has 1 aromatic carbocycles. The third-order valence-corrected chi connectivity index (χ3v) is 3.88. The number of amides is 1. The molecular weight excluding hydrogens is 282 g/mol. The average molecular weight is 301 g/mol. The Balaban J connectivity index is 1.91. The summed E-state index contributed by atoms with van der Waals surface area (Å²) in [5, 5.41) is 13.0. The highest BCUT2D eigenvalue weighted by Crippen LogP contribution is 2.34. The van der Waals surface area contributed by atoms with Gasteiger partial charge >= 0.3 is 0 Å². The van der Waals surface area contributed by atoms with Crippen LogP contribution in [0.5, 0.6) is 5.75 Å². The molecule has 0 aliphatic carbocycles. The number of ether oxygens (including phenoxy) is 1. The Hall–Kier alpha value is -2.34. The van der Waals surface area contributed by atoms with Gasteiger partial charge in [0, 0.05) is 18.3 Å². The molecule has 0 saturated carbocycles. The molecule has 2 aromatic rings. The summed E-state index contributed by atoms with van der Waals surface area (Å²) in [7, 11) is 1.65. The van der Waals surface area contributed by atoms with Crippen molar-refractivity contribution in [2.24, 2.45) is 0 Å². The largest absolute Gasteiger partial charge is 0.496 e. The molecule has 0 fully saturated rings. The Morgan fingerprint density at radius 3 is 3.09 bits per heavy atom. The first-order chi connectivity index (χ1) is 10.7. The maximum atomic E-state index is 12.7. The molecule has 1 aromatic heterocycles. The van der Waals surface area contributed by atoms with Gasteiger partial charge in [-0.3, -0.25) is 9.48 Å². The number of aromatic nitrogens is 2. The Kier molecular flexibility index (Phi) is 4.11. The number of hydrogen-bond acceptors (Lipinski definition) is 4. The van der Waals surface area contributed by atoms with Crippen molar-refractivity contribution in [3.8, 4) is 5.75 Å². The third-order valence-electron chi connectivity index (χ3n) is 3.88. The first-order valence-corrected chi connectivity index (χ1v) is 7.35. The first kappa shape index (κ1) is 14.6. The Morgan fingerprint density at radius 2 is 2.32 bits per heavy atom. The number of carbonyl (C=O) groups excluding carboxylic acids is 1. The van der Waals surface area contributed by atoms with E-state index in [9.17, 15) is 4.79 Å². The summed E-state index contributed by atoms with van der Waals surface area (Å²) in [4.78, 5) is 14.5. The van der Waals surface area contributed by atoms with E-state index in [1.165, 1.54) is 0 Å². The van der Waals surface area contributed by atoms with E-state index in [4.69, 9.17) is 9.84 Å². The molecule has 22 heavy (non-hydrogen) atoms. The number of methoxy groups -OCH3 is 1. The summed E-state index contributed by atoms with van der Waals surface area (Å²) < 4.78 is 6.97. The molecular formula is C16H19N3O3. The fourth-order valence-corrected chi connectivity index (χ4v) is 2.85. The number of fused-ring (bicyclic) bond motifs is 1. The molecule has 1 N–H and O–H groups in total. The van der Waals surface area contributed by atoms with Crippen LogP contribution in [0.3, 0.4) is 0 Å². The van der Waals surface area contributed by atoms with E-state index in [0.29, 0.717) is 18.7 Å². The Labute approximate surface area is 128 Å². The van der Waals surface area contributed by atoms with Crippen LogP contribution in [0.2, 0.25) is 0 Å². The predicted octanol–water partition coefficient (Wildman–Crippen LogP) is 1.48. The maximum absolute atomic E-state index is 12.7. The van der Waals surface area contributed by atoms with Crippen LogP contribution in [0, 0.1) is 0 Å². The molecule has 1 aliphatic rings. The quantitative estimate of drug-likeness (QED) is 0.929. The summed E-state index contributed by atoms with van der Waals surface area (Å²) in [5.41, 5.74) is 2.52. The van der Waals surface area contributed by atoms with E-state index in [-0.39, 0.29) is 12.5 Å². The van der Waals surface area contributed by atoms with Gasteiger partial charge in [-0.2, -0.15) is 5.10 Å². The summed E-state index contributed by atoms with van der Waals surface area (Å²) >= 11 is 0. The van der Waals surface area contributed by atoms with E-state index in [1.54, 1.807) is 29.1 Å². The molecule has 3 rings (SSSR count). The lowest BCUT2D eigenvalue weighted by atomic mass is 10.00. The van der Waals surface area contributed by atoms with Crippen LogP contribution in [-0.2, 0) is 13.0 Å². The molecule has 0 radical (unpaired) electrons. The van der Waals surface area contributed by atoms with Crippen LogP contribution in [0.15, 0.2) is 30.6 Å². The lowest BCUT2D eigenvalue weighted by Crippen LogP contribution is -2.35. The van der Waals surface area contributed by atoms with E-state index < -0.39 is 0 Å². The normalized spacial score (nSPS) is 13.8. The third kappa shape index (κ3) is 2.57. The molecule has 6 nitrogen and oxygen atoms in total. The van der Waals surface area contributed by atoms with E-state index in [0.717, 1.165) is 29.8 Å². The summed E-state index contributed by atoms with van der Waals surface area (Å²) in [6, 6.07) is 5.78. The van der Waals surface area contributed by atoms with Crippen LogP contribution in [0.25, 0.3) is 0 Å². The van der Waals surface area contributed by atoms with Gasteiger partial charge in [0.05, 0.1) is 37.7 Å². The van der Waals surface area contributed by atoms with E-state index in [1.807, 2.05) is 18.2 Å². The van der Waals surface area contributed by atoms with Gasteiger partial charge in [-0.1, -0.05) is 6.07 Å². The first-order valence-electron chi connectivity index (χ1n) is 7.35. The molecule has 2 heterocycles. The SMILES string of the molecule is COc1cccc2c1CCCN2C(=O)c1cnn(CCO)c1. The second kappa shape index (κ2) is 6.19. The second-order valence-corrected chi connectivity index (χ2v) is 5.23. The molecule has 116 valence electrons. The zero-order chi connectivity index (χ0) is 15.5. The zero-order valence-corrected chi connectivity index (χ0v) is 12.5. The van der Waals surface area contributed by atoms with Gasteiger partial charge in [-0.15, -0.1) is 0 Å². The number of carbonyl (C=O) groups is 1. The molecule has 0 unspecified atom stereocenters. The fraction of sp³-hybridized carbons (Fsp3) is 0.375. The van der Waals surface area contributed by atoms with Crippen molar-refractivity contribution in [3.05, 3.63) is 41.7 Å². The van der Waals surface area contributed by atoms with Gasteiger partial charge in [0.1, 0.15) is 5.75 Å². The van der Waals surface area contributed by atoms with Crippen molar-refractivity contribution in [2.75, 3.05) is 25.2 Å². The Bertz CT molecular complexity index is 681. The minimum absolute atomic E-state index is 0.000935. The van der Waals surface area contributed by atoms with Crippen molar-refractivity contribution in [1.29, 1.82) is 0 Å². The zero-order valence-electron chi connectivity index (χ0n) is 12.5. The standard InChI is InChI=1S/C16H19N3O3/c1-22-15-6-2-5-14-13(15)4-3-7-19(14)16(21)12-10-17-18(11-12)8-9-20/h2,5-6,10-11,20H,3-4,7-9H2,1H3. The molecule has 1 aliphatic heterocycles. The summed E-state index contributed by atoms with van der Waals surface area (Å²) in [6.45, 7) is 1.07. The van der Waals surface area contributed by atoms with Gasteiger partial charge in [-0.05, 0) is 25.0 Å². The highest BCUT2D eigenvalue weighted by Gasteiger charge is 2.26. The number of anilines is 1. The molecule has 1 amide bonds. The minimum Gasteiger partial charge on any atom is -0.496 e. The highest BCUT2D eigenvalue weighted by atomic mass is 16.5. The number of nitrogens with zero attached hydrogens (tertiary/aromatic N) is 3.